The van der Waals surface area contributed by atoms with Crippen molar-refractivity contribution in [3.05, 3.63) is 17.0 Å². The van der Waals surface area contributed by atoms with E-state index in [1.54, 1.807) is 0 Å². The zero-order valence-corrected chi connectivity index (χ0v) is 15.1. The van der Waals surface area contributed by atoms with Crippen LogP contribution in [0, 0.1) is 13.8 Å². The molecule has 2 aliphatic heterocycles. The van der Waals surface area contributed by atoms with E-state index in [0.29, 0.717) is 11.8 Å². The van der Waals surface area contributed by atoms with Gasteiger partial charge >= 0.3 is 0 Å². The molecular weight excluding hydrogens is 310 g/mol. The molecule has 1 aromatic heterocycles. The van der Waals surface area contributed by atoms with Crippen LogP contribution in [0.2, 0.25) is 0 Å². The van der Waals surface area contributed by atoms with E-state index in [-0.39, 0.29) is 6.61 Å². The van der Waals surface area contributed by atoms with Crippen molar-refractivity contribution < 1.29 is 5.11 Å². The molecule has 0 bridgehead atoms. The molecule has 0 radical (unpaired) electrons. The van der Waals surface area contributed by atoms with E-state index < -0.39 is 0 Å². The van der Waals surface area contributed by atoms with Crippen LogP contribution in [-0.2, 0) is 13.1 Å². The molecule has 128 valence electrons. The summed E-state index contributed by atoms with van der Waals surface area (Å²) in [7, 11) is 0. The average Bonchev–Trinajstić information content (AvgIpc) is 3.08. The molecular formula is C16H27N5OS. The first-order valence-electron chi connectivity index (χ1n) is 8.40. The maximum atomic E-state index is 9.13. The van der Waals surface area contributed by atoms with E-state index in [1.165, 1.54) is 16.4 Å². The van der Waals surface area contributed by atoms with Crippen molar-refractivity contribution >= 4 is 16.9 Å². The number of aryl methyl sites for hydroxylation is 1. The van der Waals surface area contributed by atoms with Crippen molar-refractivity contribution in [2.24, 2.45) is 4.99 Å². The second kappa shape index (κ2) is 7.23. The second-order valence-corrected chi connectivity index (χ2v) is 7.82. The Morgan fingerprint density at radius 3 is 2.57 bits per heavy atom. The highest BCUT2D eigenvalue weighted by Gasteiger charge is 2.25. The molecule has 1 atom stereocenters. The fourth-order valence-corrected chi connectivity index (χ4v) is 4.22. The summed E-state index contributed by atoms with van der Waals surface area (Å²) >= 11 is 1.91. The van der Waals surface area contributed by atoms with Gasteiger partial charge in [-0.2, -0.15) is 5.10 Å². The number of piperazine rings is 1. The van der Waals surface area contributed by atoms with Gasteiger partial charge in [0.15, 0.2) is 5.17 Å². The zero-order valence-electron chi connectivity index (χ0n) is 14.3. The number of aromatic nitrogens is 2. The largest absolute Gasteiger partial charge is 0.394 e. The fourth-order valence-electron chi connectivity index (χ4n) is 3.23. The van der Waals surface area contributed by atoms with Crippen molar-refractivity contribution in [1.82, 2.24) is 19.6 Å². The Hall–Kier alpha value is -1.05. The number of hydrogen-bond acceptors (Lipinski definition) is 6. The Morgan fingerprint density at radius 2 is 1.96 bits per heavy atom. The monoisotopic (exact) mass is 337 g/mol. The molecule has 0 aromatic carbocycles. The molecule has 7 heteroatoms. The van der Waals surface area contributed by atoms with Crippen LogP contribution in [0.4, 0.5) is 0 Å². The van der Waals surface area contributed by atoms with Gasteiger partial charge in [-0.3, -0.25) is 14.6 Å². The standard InChI is InChI=1S/C16H27N5OS/c1-12-10-17-16(23-12)20-6-4-19(5-7-20)11-15-13(2)18-21(8-9-22)14(15)3/h12,22H,4-11H2,1-3H3. The van der Waals surface area contributed by atoms with Gasteiger partial charge in [-0.1, -0.05) is 18.7 Å². The number of aliphatic hydroxyl groups excluding tert-OH is 1. The van der Waals surface area contributed by atoms with Gasteiger partial charge in [-0.25, -0.2) is 0 Å². The molecule has 6 nitrogen and oxygen atoms in total. The Labute approximate surface area is 142 Å². The zero-order chi connectivity index (χ0) is 16.4. The van der Waals surface area contributed by atoms with Crippen molar-refractivity contribution in [3.8, 4) is 0 Å². The minimum Gasteiger partial charge on any atom is -0.394 e. The number of nitrogens with zero attached hydrogens (tertiary/aromatic N) is 5. The van der Waals surface area contributed by atoms with Crippen molar-refractivity contribution in [1.29, 1.82) is 0 Å². The van der Waals surface area contributed by atoms with Gasteiger partial charge in [0, 0.05) is 49.2 Å². The Kier molecular flexibility index (Phi) is 5.28. The van der Waals surface area contributed by atoms with Crippen molar-refractivity contribution in [2.75, 3.05) is 39.3 Å². The van der Waals surface area contributed by atoms with Crippen LogP contribution in [0.5, 0.6) is 0 Å². The van der Waals surface area contributed by atoms with E-state index in [4.69, 9.17) is 5.11 Å². The molecule has 1 aromatic rings. The van der Waals surface area contributed by atoms with Crippen LogP contribution in [0.15, 0.2) is 4.99 Å². The number of hydrogen-bond donors (Lipinski definition) is 1. The topological polar surface area (TPSA) is 56.9 Å². The molecule has 1 N–H and O–H groups in total. The number of aliphatic imine (C=N–C) groups is 1. The van der Waals surface area contributed by atoms with Crippen LogP contribution >= 0.6 is 11.8 Å². The minimum atomic E-state index is 0.137. The molecule has 23 heavy (non-hydrogen) atoms. The maximum absolute atomic E-state index is 9.13. The summed E-state index contributed by atoms with van der Waals surface area (Å²) in [6, 6.07) is 0. The predicted molar refractivity (Wildman–Crippen MR) is 95.0 cm³/mol. The summed E-state index contributed by atoms with van der Waals surface area (Å²) in [5, 5.41) is 15.5. The normalized spacial score (nSPS) is 22.7. The predicted octanol–water partition coefficient (Wildman–Crippen LogP) is 1.10. The summed E-state index contributed by atoms with van der Waals surface area (Å²) in [5.74, 6) is 0. The van der Waals surface area contributed by atoms with Gasteiger partial charge in [-0.15, -0.1) is 0 Å². The highest BCUT2D eigenvalue weighted by molar-refractivity contribution is 8.14. The van der Waals surface area contributed by atoms with Gasteiger partial charge in [0.2, 0.25) is 0 Å². The number of rotatable bonds is 4. The van der Waals surface area contributed by atoms with Gasteiger partial charge in [0.25, 0.3) is 0 Å². The lowest BCUT2D eigenvalue weighted by atomic mass is 10.1. The first kappa shape index (κ1) is 16.8. The number of aliphatic hydroxyl groups is 1. The third-order valence-electron chi connectivity index (χ3n) is 4.66. The maximum Gasteiger partial charge on any atom is 0.159 e. The smallest absolute Gasteiger partial charge is 0.159 e. The third kappa shape index (κ3) is 3.72. The lowest BCUT2D eigenvalue weighted by Crippen LogP contribution is -2.47. The van der Waals surface area contributed by atoms with Crippen LogP contribution in [0.1, 0.15) is 23.9 Å². The van der Waals surface area contributed by atoms with Crippen molar-refractivity contribution in [2.45, 2.75) is 39.1 Å². The fraction of sp³-hybridized carbons (Fsp3) is 0.750. The molecule has 2 aliphatic rings. The van der Waals surface area contributed by atoms with Gasteiger partial charge in [0.05, 0.1) is 25.4 Å². The number of thioether (sulfide) groups is 1. The molecule has 0 amide bonds. The van der Waals surface area contributed by atoms with Crippen LogP contribution in [0.3, 0.4) is 0 Å². The Morgan fingerprint density at radius 1 is 1.22 bits per heavy atom. The van der Waals surface area contributed by atoms with Crippen LogP contribution in [-0.4, -0.2) is 74.4 Å². The molecule has 0 spiro atoms. The van der Waals surface area contributed by atoms with E-state index in [2.05, 4.69) is 40.7 Å². The Balaban J connectivity index is 1.57. The van der Waals surface area contributed by atoms with Crippen molar-refractivity contribution in [3.63, 3.8) is 0 Å². The van der Waals surface area contributed by atoms with Gasteiger partial charge in [0.1, 0.15) is 0 Å². The summed E-state index contributed by atoms with van der Waals surface area (Å²) in [6.07, 6.45) is 0. The third-order valence-corrected chi connectivity index (χ3v) is 5.81. The van der Waals surface area contributed by atoms with E-state index >= 15 is 0 Å². The number of amidine groups is 1. The molecule has 3 heterocycles. The first-order valence-corrected chi connectivity index (χ1v) is 9.28. The van der Waals surface area contributed by atoms with Crippen LogP contribution < -0.4 is 0 Å². The first-order chi connectivity index (χ1) is 11.1. The molecule has 0 saturated carbocycles. The van der Waals surface area contributed by atoms with Crippen LogP contribution in [0.25, 0.3) is 0 Å². The molecule has 1 saturated heterocycles. The average molecular weight is 337 g/mol. The molecule has 3 rings (SSSR count). The lowest BCUT2D eigenvalue weighted by molar-refractivity contribution is 0.177. The summed E-state index contributed by atoms with van der Waals surface area (Å²) in [5.41, 5.74) is 3.58. The highest BCUT2D eigenvalue weighted by atomic mass is 32.2. The second-order valence-electron chi connectivity index (χ2n) is 6.41. The highest BCUT2D eigenvalue weighted by Crippen LogP contribution is 2.24. The molecule has 1 fully saturated rings. The lowest BCUT2D eigenvalue weighted by Gasteiger charge is -2.35. The van der Waals surface area contributed by atoms with Gasteiger partial charge < -0.3 is 10.0 Å². The summed E-state index contributed by atoms with van der Waals surface area (Å²) in [4.78, 5) is 9.58. The van der Waals surface area contributed by atoms with E-state index in [1.807, 2.05) is 16.4 Å². The molecule has 0 aliphatic carbocycles. The summed E-state index contributed by atoms with van der Waals surface area (Å²) < 4.78 is 1.92. The quantitative estimate of drug-likeness (QED) is 0.892. The minimum absolute atomic E-state index is 0.137. The van der Waals surface area contributed by atoms with Gasteiger partial charge in [-0.05, 0) is 13.8 Å². The van der Waals surface area contributed by atoms with E-state index in [9.17, 15) is 0 Å². The van der Waals surface area contributed by atoms with E-state index in [0.717, 1.165) is 45.0 Å². The molecule has 1 unspecified atom stereocenters. The Bertz CT molecular complexity index is 577. The summed E-state index contributed by atoms with van der Waals surface area (Å²) in [6.45, 7) is 13.3. The SMILES string of the molecule is Cc1nn(CCO)c(C)c1CN1CCN(C2=NCC(C)S2)CC1.